The van der Waals surface area contributed by atoms with Gasteiger partial charge in [-0.3, -0.25) is 0 Å². The normalized spacial score (nSPS) is 10.9. The highest BCUT2D eigenvalue weighted by Gasteiger charge is 2.12. The van der Waals surface area contributed by atoms with Crippen LogP contribution in [-0.4, -0.2) is 9.97 Å². The Bertz CT molecular complexity index is 772. The molecule has 0 aliphatic heterocycles. The van der Waals surface area contributed by atoms with Crippen molar-refractivity contribution in [3.8, 4) is 11.6 Å². The van der Waals surface area contributed by atoms with E-state index in [4.69, 9.17) is 10.5 Å². The van der Waals surface area contributed by atoms with E-state index in [1.165, 1.54) is 23.7 Å². The second kappa shape index (κ2) is 5.15. The second-order valence-corrected chi connectivity index (χ2v) is 5.23. The van der Waals surface area contributed by atoms with Crippen LogP contribution < -0.4 is 10.5 Å². The van der Waals surface area contributed by atoms with Gasteiger partial charge in [-0.1, -0.05) is 6.07 Å². The standard InChI is InChI=1S/C14H12FN3OS/c1-8-6-20-13-12(8)17-7-18-14(13)19-11-3-2-9(5-16)4-10(11)15/h2-4,6-7H,5,16H2,1H3. The van der Waals surface area contributed by atoms with Gasteiger partial charge in [0.2, 0.25) is 5.88 Å². The molecule has 6 heteroatoms. The van der Waals surface area contributed by atoms with E-state index >= 15 is 0 Å². The lowest BCUT2D eigenvalue weighted by atomic mass is 10.2. The first-order valence-corrected chi connectivity index (χ1v) is 6.92. The van der Waals surface area contributed by atoms with Crippen LogP contribution in [0.5, 0.6) is 11.6 Å². The van der Waals surface area contributed by atoms with Gasteiger partial charge in [0.15, 0.2) is 11.6 Å². The zero-order chi connectivity index (χ0) is 14.1. The monoisotopic (exact) mass is 289 g/mol. The van der Waals surface area contributed by atoms with Crippen LogP contribution in [0.3, 0.4) is 0 Å². The molecular formula is C14H12FN3OS. The smallest absolute Gasteiger partial charge is 0.240 e. The molecule has 2 aromatic heterocycles. The van der Waals surface area contributed by atoms with Crippen LogP contribution in [0.15, 0.2) is 29.9 Å². The second-order valence-electron chi connectivity index (χ2n) is 4.35. The molecule has 3 aromatic rings. The number of benzene rings is 1. The number of hydrogen-bond acceptors (Lipinski definition) is 5. The summed E-state index contributed by atoms with van der Waals surface area (Å²) in [5.41, 5.74) is 8.07. The SMILES string of the molecule is Cc1csc2c(Oc3ccc(CN)cc3F)ncnc12. The minimum atomic E-state index is -0.451. The van der Waals surface area contributed by atoms with E-state index in [0.29, 0.717) is 12.4 Å². The van der Waals surface area contributed by atoms with Gasteiger partial charge in [0, 0.05) is 6.54 Å². The number of halogens is 1. The minimum absolute atomic E-state index is 0.133. The first-order valence-electron chi connectivity index (χ1n) is 6.04. The van der Waals surface area contributed by atoms with Crippen LogP contribution in [0.2, 0.25) is 0 Å². The van der Waals surface area contributed by atoms with Gasteiger partial charge in [0.05, 0.1) is 5.52 Å². The Labute approximate surface area is 119 Å². The highest BCUT2D eigenvalue weighted by atomic mass is 32.1. The molecule has 0 amide bonds. The predicted octanol–water partition coefficient (Wildman–Crippen LogP) is 3.39. The maximum atomic E-state index is 13.9. The van der Waals surface area contributed by atoms with Crippen LogP contribution in [0.25, 0.3) is 10.2 Å². The van der Waals surface area contributed by atoms with E-state index in [9.17, 15) is 4.39 Å². The molecule has 0 aliphatic rings. The van der Waals surface area contributed by atoms with Crippen LogP contribution in [0.1, 0.15) is 11.1 Å². The molecule has 0 aliphatic carbocycles. The fraction of sp³-hybridized carbons (Fsp3) is 0.143. The fourth-order valence-corrected chi connectivity index (χ4v) is 2.81. The molecule has 0 saturated carbocycles. The van der Waals surface area contributed by atoms with Crippen molar-refractivity contribution in [1.82, 2.24) is 9.97 Å². The Morgan fingerprint density at radius 1 is 1.35 bits per heavy atom. The number of thiophene rings is 1. The molecule has 0 spiro atoms. The molecule has 0 atom stereocenters. The molecule has 2 heterocycles. The molecule has 1 aromatic carbocycles. The van der Waals surface area contributed by atoms with Gasteiger partial charge in [-0.15, -0.1) is 11.3 Å². The lowest BCUT2D eigenvalue weighted by Crippen LogP contribution is -1.98. The van der Waals surface area contributed by atoms with Crippen molar-refractivity contribution in [2.75, 3.05) is 0 Å². The summed E-state index contributed by atoms with van der Waals surface area (Å²) < 4.78 is 20.3. The van der Waals surface area contributed by atoms with Crippen LogP contribution in [-0.2, 0) is 6.54 Å². The molecule has 0 radical (unpaired) electrons. The first-order chi connectivity index (χ1) is 9.69. The third kappa shape index (κ3) is 2.23. The Kier molecular flexibility index (Phi) is 3.33. The summed E-state index contributed by atoms with van der Waals surface area (Å²) in [6.07, 6.45) is 1.42. The van der Waals surface area contributed by atoms with Crippen LogP contribution in [0, 0.1) is 12.7 Å². The third-order valence-electron chi connectivity index (χ3n) is 2.94. The Morgan fingerprint density at radius 3 is 2.95 bits per heavy atom. The molecule has 0 fully saturated rings. The summed E-state index contributed by atoms with van der Waals surface area (Å²) in [7, 11) is 0. The van der Waals surface area contributed by atoms with Crippen LogP contribution in [0.4, 0.5) is 4.39 Å². The number of hydrogen-bond donors (Lipinski definition) is 1. The van der Waals surface area contributed by atoms with E-state index in [-0.39, 0.29) is 5.75 Å². The van der Waals surface area contributed by atoms with Gasteiger partial charge in [0.1, 0.15) is 11.0 Å². The molecule has 2 N–H and O–H groups in total. The molecule has 102 valence electrons. The zero-order valence-corrected chi connectivity index (χ0v) is 11.6. The molecule has 0 bridgehead atoms. The van der Waals surface area contributed by atoms with Crippen molar-refractivity contribution in [2.24, 2.45) is 5.73 Å². The highest BCUT2D eigenvalue weighted by molar-refractivity contribution is 7.17. The van der Waals surface area contributed by atoms with E-state index in [0.717, 1.165) is 21.3 Å². The molecule has 4 nitrogen and oxygen atoms in total. The highest BCUT2D eigenvalue weighted by Crippen LogP contribution is 2.33. The van der Waals surface area contributed by atoms with E-state index in [1.807, 2.05) is 12.3 Å². The van der Waals surface area contributed by atoms with Crippen molar-refractivity contribution >= 4 is 21.6 Å². The summed E-state index contributed by atoms with van der Waals surface area (Å²) in [6, 6.07) is 4.66. The maximum absolute atomic E-state index is 13.9. The molecule has 0 unspecified atom stereocenters. The third-order valence-corrected chi connectivity index (χ3v) is 4.01. The Morgan fingerprint density at radius 2 is 2.20 bits per heavy atom. The summed E-state index contributed by atoms with van der Waals surface area (Å²) >= 11 is 1.48. The van der Waals surface area contributed by atoms with Crippen molar-refractivity contribution in [3.05, 3.63) is 46.9 Å². The van der Waals surface area contributed by atoms with Gasteiger partial charge < -0.3 is 10.5 Å². The average Bonchev–Trinajstić information content (AvgIpc) is 2.84. The predicted molar refractivity (Wildman–Crippen MR) is 76.5 cm³/mol. The van der Waals surface area contributed by atoms with Gasteiger partial charge >= 0.3 is 0 Å². The lowest BCUT2D eigenvalue weighted by molar-refractivity contribution is 0.431. The topological polar surface area (TPSA) is 61.0 Å². The number of aryl methyl sites for hydroxylation is 1. The maximum Gasteiger partial charge on any atom is 0.240 e. The number of nitrogens with two attached hydrogens (primary N) is 1. The molecular weight excluding hydrogens is 277 g/mol. The summed E-state index contributed by atoms with van der Waals surface area (Å²) in [5.74, 6) is 0.0498. The fourth-order valence-electron chi connectivity index (χ4n) is 1.88. The van der Waals surface area contributed by atoms with Crippen molar-refractivity contribution in [3.63, 3.8) is 0 Å². The lowest BCUT2D eigenvalue weighted by Gasteiger charge is -2.07. The molecule has 0 saturated heterocycles. The van der Waals surface area contributed by atoms with Gasteiger partial charge in [-0.05, 0) is 35.6 Å². The molecule has 3 rings (SSSR count). The Hall–Kier alpha value is -2.05. The van der Waals surface area contributed by atoms with E-state index in [1.54, 1.807) is 12.1 Å². The number of rotatable bonds is 3. The quantitative estimate of drug-likeness (QED) is 0.803. The Balaban J connectivity index is 2.01. The van der Waals surface area contributed by atoms with Gasteiger partial charge in [-0.25, -0.2) is 14.4 Å². The summed E-state index contributed by atoms with van der Waals surface area (Å²) in [5, 5.41) is 1.97. The largest absolute Gasteiger partial charge is 0.434 e. The average molecular weight is 289 g/mol. The zero-order valence-electron chi connectivity index (χ0n) is 10.8. The van der Waals surface area contributed by atoms with Gasteiger partial charge in [0.25, 0.3) is 0 Å². The van der Waals surface area contributed by atoms with Crippen molar-refractivity contribution < 1.29 is 9.13 Å². The van der Waals surface area contributed by atoms with E-state index < -0.39 is 5.82 Å². The summed E-state index contributed by atoms with van der Waals surface area (Å²) in [4.78, 5) is 8.29. The van der Waals surface area contributed by atoms with Crippen molar-refractivity contribution in [2.45, 2.75) is 13.5 Å². The van der Waals surface area contributed by atoms with Gasteiger partial charge in [-0.2, -0.15) is 0 Å². The molecule has 20 heavy (non-hydrogen) atoms. The minimum Gasteiger partial charge on any atom is -0.434 e. The van der Waals surface area contributed by atoms with E-state index in [2.05, 4.69) is 9.97 Å². The number of aromatic nitrogens is 2. The van der Waals surface area contributed by atoms with Crippen molar-refractivity contribution in [1.29, 1.82) is 0 Å². The number of fused-ring (bicyclic) bond motifs is 1. The summed E-state index contributed by atoms with van der Waals surface area (Å²) in [6.45, 7) is 2.26. The van der Waals surface area contributed by atoms with Crippen LogP contribution >= 0.6 is 11.3 Å². The number of nitrogens with zero attached hydrogens (tertiary/aromatic N) is 2. The number of ether oxygens (including phenoxy) is 1. The first kappa shape index (κ1) is 13.0.